The van der Waals surface area contributed by atoms with Crippen LogP contribution in [0.25, 0.3) is 0 Å². The van der Waals surface area contributed by atoms with E-state index in [1.807, 2.05) is 13.8 Å². The Bertz CT molecular complexity index is 401. The van der Waals surface area contributed by atoms with Gasteiger partial charge in [-0.05, 0) is 38.6 Å². The molecule has 8 heteroatoms. The molecule has 0 fully saturated rings. The molecule has 3 atom stereocenters. The SMILES string of the molecule is CC(C)C[C@H](NC(=O)[C@@H](N)CCCCN)C(=O)N[C@@H](C)C(=O)O. The number of nitrogens with one attached hydrogen (secondary N) is 2. The standard InChI is InChI=1S/C15H30N4O4/c1-9(2)8-12(14(21)18-10(3)15(22)23)19-13(20)11(17)6-4-5-7-16/h9-12H,4-8,16-17H2,1-3H3,(H,18,21)(H,19,20)(H,22,23)/t10-,11-,12-/m0/s1. The summed E-state index contributed by atoms with van der Waals surface area (Å²) in [6, 6.07) is -2.53. The number of hydrogen-bond donors (Lipinski definition) is 5. The van der Waals surface area contributed by atoms with Crippen LogP contribution in [0.5, 0.6) is 0 Å². The Hall–Kier alpha value is -1.67. The minimum absolute atomic E-state index is 0.152. The first kappa shape index (κ1) is 21.3. The zero-order valence-corrected chi connectivity index (χ0v) is 14.2. The van der Waals surface area contributed by atoms with Crippen LogP contribution in [0.3, 0.4) is 0 Å². The summed E-state index contributed by atoms with van der Waals surface area (Å²) in [5, 5.41) is 13.8. The molecule has 7 N–H and O–H groups in total. The monoisotopic (exact) mass is 330 g/mol. The van der Waals surface area contributed by atoms with E-state index in [9.17, 15) is 14.4 Å². The van der Waals surface area contributed by atoms with Gasteiger partial charge >= 0.3 is 5.97 Å². The number of carboxylic acids is 1. The van der Waals surface area contributed by atoms with Crippen molar-refractivity contribution in [2.24, 2.45) is 17.4 Å². The maximum atomic E-state index is 12.2. The molecule has 0 radical (unpaired) electrons. The molecule has 0 saturated heterocycles. The summed E-state index contributed by atoms with van der Waals surface area (Å²) in [4.78, 5) is 35.1. The van der Waals surface area contributed by atoms with E-state index >= 15 is 0 Å². The van der Waals surface area contributed by atoms with Crippen LogP contribution in [0, 0.1) is 5.92 Å². The summed E-state index contributed by atoms with van der Waals surface area (Å²) < 4.78 is 0. The molecule has 23 heavy (non-hydrogen) atoms. The van der Waals surface area contributed by atoms with Gasteiger partial charge in [0.1, 0.15) is 12.1 Å². The van der Waals surface area contributed by atoms with Crippen molar-refractivity contribution in [3.8, 4) is 0 Å². The van der Waals surface area contributed by atoms with Crippen molar-refractivity contribution in [2.75, 3.05) is 6.54 Å². The van der Waals surface area contributed by atoms with Gasteiger partial charge in [0.25, 0.3) is 0 Å². The van der Waals surface area contributed by atoms with E-state index in [4.69, 9.17) is 16.6 Å². The van der Waals surface area contributed by atoms with Crippen molar-refractivity contribution in [1.82, 2.24) is 10.6 Å². The van der Waals surface area contributed by atoms with Crippen molar-refractivity contribution >= 4 is 17.8 Å². The van der Waals surface area contributed by atoms with Gasteiger partial charge in [0.15, 0.2) is 0 Å². The van der Waals surface area contributed by atoms with Crippen LogP contribution in [-0.4, -0.2) is 47.6 Å². The number of nitrogens with two attached hydrogens (primary N) is 2. The molecule has 0 unspecified atom stereocenters. The van der Waals surface area contributed by atoms with E-state index in [2.05, 4.69) is 10.6 Å². The second-order valence-corrected chi connectivity index (χ2v) is 6.15. The Morgan fingerprint density at radius 1 is 1.04 bits per heavy atom. The highest BCUT2D eigenvalue weighted by atomic mass is 16.4. The van der Waals surface area contributed by atoms with Gasteiger partial charge in [-0.1, -0.05) is 20.3 Å². The molecule has 0 bridgehead atoms. The van der Waals surface area contributed by atoms with Gasteiger partial charge in [0.05, 0.1) is 6.04 Å². The molecule has 8 nitrogen and oxygen atoms in total. The fraction of sp³-hybridized carbons (Fsp3) is 0.800. The van der Waals surface area contributed by atoms with E-state index < -0.39 is 35.9 Å². The van der Waals surface area contributed by atoms with Gasteiger partial charge in [-0.2, -0.15) is 0 Å². The molecule has 0 aliphatic rings. The summed E-state index contributed by atoms with van der Waals surface area (Å²) in [6.45, 7) is 5.73. The summed E-state index contributed by atoms with van der Waals surface area (Å²) in [7, 11) is 0. The molecule has 134 valence electrons. The first-order chi connectivity index (χ1) is 10.7. The Labute approximate surface area is 137 Å². The van der Waals surface area contributed by atoms with Crippen LogP contribution in [0.15, 0.2) is 0 Å². The Morgan fingerprint density at radius 3 is 2.13 bits per heavy atom. The average Bonchev–Trinajstić information content (AvgIpc) is 2.45. The lowest BCUT2D eigenvalue weighted by atomic mass is 10.0. The van der Waals surface area contributed by atoms with E-state index in [-0.39, 0.29) is 5.92 Å². The highest BCUT2D eigenvalue weighted by molar-refractivity contribution is 5.91. The van der Waals surface area contributed by atoms with Crippen LogP contribution in [0.4, 0.5) is 0 Å². The number of carbonyl (C=O) groups is 3. The number of carbonyl (C=O) groups excluding carboxylic acids is 2. The van der Waals surface area contributed by atoms with Gasteiger partial charge in [0.2, 0.25) is 11.8 Å². The predicted molar refractivity (Wildman–Crippen MR) is 87.5 cm³/mol. The summed E-state index contributed by atoms with van der Waals surface area (Å²) in [5.74, 6) is -1.91. The zero-order chi connectivity index (χ0) is 18.0. The van der Waals surface area contributed by atoms with Crippen molar-refractivity contribution < 1.29 is 19.5 Å². The molecular formula is C15H30N4O4. The Balaban J connectivity index is 4.67. The van der Waals surface area contributed by atoms with E-state index in [0.29, 0.717) is 19.4 Å². The molecule has 0 spiro atoms. The lowest BCUT2D eigenvalue weighted by Gasteiger charge is -2.23. The normalized spacial score (nSPS) is 14.9. The molecule has 0 aromatic rings. The third-order valence-electron chi connectivity index (χ3n) is 3.38. The quantitative estimate of drug-likeness (QED) is 0.324. The van der Waals surface area contributed by atoms with Gasteiger partial charge in [-0.3, -0.25) is 14.4 Å². The fourth-order valence-electron chi connectivity index (χ4n) is 2.00. The molecule has 0 aromatic heterocycles. The van der Waals surface area contributed by atoms with Crippen molar-refractivity contribution in [3.63, 3.8) is 0 Å². The van der Waals surface area contributed by atoms with Gasteiger partial charge in [-0.15, -0.1) is 0 Å². The maximum Gasteiger partial charge on any atom is 0.325 e. The molecule has 0 rings (SSSR count). The van der Waals surface area contributed by atoms with Crippen molar-refractivity contribution in [2.45, 2.75) is 64.6 Å². The van der Waals surface area contributed by atoms with Crippen LogP contribution in [0.2, 0.25) is 0 Å². The molecule has 0 aliphatic heterocycles. The maximum absolute atomic E-state index is 12.2. The van der Waals surface area contributed by atoms with Crippen LogP contribution < -0.4 is 22.1 Å². The van der Waals surface area contributed by atoms with E-state index in [0.717, 1.165) is 12.8 Å². The lowest BCUT2D eigenvalue weighted by molar-refractivity contribution is -0.141. The van der Waals surface area contributed by atoms with Crippen LogP contribution in [0.1, 0.15) is 46.5 Å². The highest BCUT2D eigenvalue weighted by Gasteiger charge is 2.26. The minimum atomic E-state index is -1.13. The number of hydrogen-bond acceptors (Lipinski definition) is 5. The van der Waals surface area contributed by atoms with E-state index in [1.54, 1.807) is 0 Å². The summed E-state index contributed by atoms with van der Waals surface area (Å²) in [5.41, 5.74) is 11.2. The second kappa shape index (κ2) is 11.0. The van der Waals surface area contributed by atoms with Crippen molar-refractivity contribution in [1.29, 1.82) is 0 Å². The largest absolute Gasteiger partial charge is 0.480 e. The molecular weight excluding hydrogens is 300 g/mol. The third-order valence-corrected chi connectivity index (χ3v) is 3.38. The number of unbranched alkanes of at least 4 members (excludes halogenated alkanes) is 1. The average molecular weight is 330 g/mol. The predicted octanol–water partition coefficient (Wildman–Crippen LogP) is -0.437. The molecule has 2 amide bonds. The second-order valence-electron chi connectivity index (χ2n) is 6.15. The number of amides is 2. The fourth-order valence-corrected chi connectivity index (χ4v) is 2.00. The lowest BCUT2D eigenvalue weighted by Crippen LogP contribution is -2.54. The summed E-state index contributed by atoms with van der Waals surface area (Å²) >= 11 is 0. The number of rotatable bonds is 11. The molecule has 0 saturated carbocycles. The minimum Gasteiger partial charge on any atom is -0.480 e. The van der Waals surface area contributed by atoms with Gasteiger partial charge in [0, 0.05) is 0 Å². The third kappa shape index (κ3) is 9.14. The Kier molecular flexibility index (Phi) is 10.2. The topological polar surface area (TPSA) is 148 Å². The molecule has 0 aliphatic carbocycles. The number of carboxylic acid groups (broad SMARTS) is 1. The Morgan fingerprint density at radius 2 is 1.65 bits per heavy atom. The van der Waals surface area contributed by atoms with Crippen molar-refractivity contribution in [3.05, 3.63) is 0 Å². The van der Waals surface area contributed by atoms with Gasteiger partial charge < -0.3 is 27.2 Å². The first-order valence-corrected chi connectivity index (χ1v) is 7.98. The molecule has 0 aromatic carbocycles. The zero-order valence-electron chi connectivity index (χ0n) is 14.2. The molecule has 0 heterocycles. The highest BCUT2D eigenvalue weighted by Crippen LogP contribution is 2.07. The van der Waals surface area contributed by atoms with E-state index in [1.165, 1.54) is 6.92 Å². The smallest absolute Gasteiger partial charge is 0.325 e. The first-order valence-electron chi connectivity index (χ1n) is 7.98. The van der Waals surface area contributed by atoms with Crippen LogP contribution >= 0.6 is 0 Å². The number of aliphatic carboxylic acids is 1. The van der Waals surface area contributed by atoms with Crippen LogP contribution in [-0.2, 0) is 14.4 Å². The summed E-state index contributed by atoms with van der Waals surface area (Å²) in [6.07, 6.45) is 2.42. The van der Waals surface area contributed by atoms with Gasteiger partial charge in [-0.25, -0.2) is 0 Å².